The number of likely N-dealkylation sites (N-methyl/N-ethyl adjacent to an activating group) is 1. The van der Waals surface area contributed by atoms with Crippen molar-refractivity contribution in [3.8, 4) is 0 Å². The lowest BCUT2D eigenvalue weighted by Crippen LogP contribution is -2.55. The van der Waals surface area contributed by atoms with Crippen LogP contribution in [-0.2, 0) is 75.1 Å². The molecule has 0 unspecified atom stereocenters. The summed E-state index contributed by atoms with van der Waals surface area (Å²) in [5.41, 5.74) is 7.50. The second-order valence-corrected chi connectivity index (χ2v) is 18.8. The molecule has 13 amide bonds. The molecule has 1 aliphatic heterocycles. The molecule has 1 aliphatic rings. The molecule has 0 radical (unpaired) electrons. The van der Waals surface area contributed by atoms with Gasteiger partial charge in [0.05, 0.1) is 32.8 Å². The molecule has 0 spiro atoms. The van der Waals surface area contributed by atoms with Crippen LogP contribution < -0.4 is 53.6 Å². The number of aryl methyl sites for hydroxylation is 1. The Hall–Kier alpha value is -8.26. The molecule has 26 nitrogen and oxygen atoms in total. The van der Waals surface area contributed by atoms with Crippen molar-refractivity contribution >= 4 is 76.7 Å². The van der Waals surface area contributed by atoms with Crippen molar-refractivity contribution in [3.05, 3.63) is 77.9 Å². The average molecular weight is 1120 g/mol. The average Bonchev–Trinajstić information content (AvgIpc) is 3.75. The largest absolute Gasteiger partial charge is 0.370 e. The molecule has 3 rings (SSSR count). The number of nitrogens with two attached hydrogens (primary N) is 1. The monoisotopic (exact) mass is 1120 g/mol. The van der Waals surface area contributed by atoms with E-state index in [4.69, 9.17) is 15.2 Å². The van der Waals surface area contributed by atoms with Crippen molar-refractivity contribution < 1.29 is 67.0 Å². The molecule has 1 heterocycles. The number of unbranched alkanes of at least 4 members (excludes halogenated alkanes) is 2. The number of ether oxygens (including phenoxy) is 2. The predicted octanol–water partition coefficient (Wildman–Crippen LogP) is -1.18. The van der Waals surface area contributed by atoms with E-state index in [1.54, 1.807) is 63.2 Å². The molecule has 2 aromatic carbocycles. The van der Waals surface area contributed by atoms with Crippen molar-refractivity contribution in [1.82, 2.24) is 52.3 Å². The topological polar surface area (TPSA) is 364 Å². The third kappa shape index (κ3) is 26.4. The Kier molecular flexibility index (Phi) is 30.3. The van der Waals surface area contributed by atoms with Crippen molar-refractivity contribution in [3.63, 3.8) is 0 Å². The molecule has 0 fully saturated rings. The van der Waals surface area contributed by atoms with Gasteiger partial charge >= 0.3 is 6.03 Å². The van der Waals surface area contributed by atoms with Gasteiger partial charge < -0.3 is 68.0 Å². The number of nitrogens with one attached hydrogen (secondary N) is 9. The van der Waals surface area contributed by atoms with Crippen LogP contribution in [0.4, 0.5) is 10.5 Å². The summed E-state index contributed by atoms with van der Waals surface area (Å²) in [7, 11) is 0. The molecule has 438 valence electrons. The summed E-state index contributed by atoms with van der Waals surface area (Å²) in [6.45, 7) is 5.24. The second kappa shape index (κ2) is 36.8. The summed E-state index contributed by atoms with van der Waals surface area (Å²) in [5.74, 6) is -6.46. The number of primary amides is 1. The highest BCUT2D eigenvalue weighted by molar-refractivity contribution is 6.12. The van der Waals surface area contributed by atoms with Crippen LogP contribution in [0.1, 0.15) is 77.3 Å². The summed E-state index contributed by atoms with van der Waals surface area (Å²) in [6.07, 6.45) is 5.20. The highest BCUT2D eigenvalue weighted by atomic mass is 16.5. The van der Waals surface area contributed by atoms with Gasteiger partial charge in [0.2, 0.25) is 53.2 Å². The lowest BCUT2D eigenvalue weighted by atomic mass is 10.0. The first-order chi connectivity index (χ1) is 38.3. The molecule has 26 heteroatoms. The van der Waals surface area contributed by atoms with E-state index in [1.165, 1.54) is 17.1 Å². The molecule has 80 heavy (non-hydrogen) atoms. The first kappa shape index (κ1) is 66.0. The fourth-order valence-electron chi connectivity index (χ4n) is 7.75. The number of amides is 13. The maximum absolute atomic E-state index is 13.6. The van der Waals surface area contributed by atoms with Crippen molar-refractivity contribution in [2.45, 2.75) is 97.2 Å². The van der Waals surface area contributed by atoms with Crippen LogP contribution in [0.5, 0.6) is 0 Å². The van der Waals surface area contributed by atoms with Crippen molar-refractivity contribution in [1.29, 1.82) is 0 Å². The number of imide groups is 1. The number of hydrogen-bond acceptors (Lipinski definition) is 14. The SMILES string of the molecule is CCNC(=O)CNC(=O)[C@H](Cc1ccccc1)NC(=O)CNC(=O)CNC(=O)COCCN(CCOCC(=O)N[C@H](C(=O)N[C@@H](CCCNC(N)=O)C(=O)Nc1ccc(CC)cc1)C(C)C)C(=O)CCCCCN1C(=O)C=CC1=O. The zero-order valence-corrected chi connectivity index (χ0v) is 46.0. The Balaban J connectivity index is 1.51. The molecular weight excluding hydrogens is 1040 g/mol. The maximum Gasteiger partial charge on any atom is 0.312 e. The summed E-state index contributed by atoms with van der Waals surface area (Å²) >= 11 is 0. The van der Waals surface area contributed by atoms with Gasteiger partial charge in [-0.2, -0.15) is 0 Å². The Labute approximate surface area is 465 Å². The number of anilines is 1. The Bertz CT molecular complexity index is 2420. The minimum atomic E-state index is -1.08. The van der Waals surface area contributed by atoms with E-state index < -0.39 is 115 Å². The molecule has 3 atom stereocenters. The Morgan fingerprint density at radius 1 is 0.600 bits per heavy atom. The van der Waals surface area contributed by atoms with E-state index in [0.29, 0.717) is 37.9 Å². The van der Waals surface area contributed by atoms with E-state index in [1.807, 2.05) is 19.1 Å². The molecule has 0 aromatic heterocycles. The number of carbonyl (C=O) groups excluding carboxylic acids is 12. The van der Waals surface area contributed by atoms with Crippen molar-refractivity contribution in [2.24, 2.45) is 11.7 Å². The lowest BCUT2D eigenvalue weighted by Gasteiger charge is -2.26. The number of benzene rings is 2. The third-order valence-electron chi connectivity index (χ3n) is 12.1. The minimum absolute atomic E-state index is 0.0116. The van der Waals surface area contributed by atoms with Gasteiger partial charge in [0.1, 0.15) is 31.3 Å². The highest BCUT2D eigenvalue weighted by Crippen LogP contribution is 2.13. The lowest BCUT2D eigenvalue weighted by molar-refractivity contribution is -0.137. The smallest absolute Gasteiger partial charge is 0.312 e. The van der Waals surface area contributed by atoms with Crippen LogP contribution in [0.15, 0.2) is 66.7 Å². The minimum Gasteiger partial charge on any atom is -0.370 e. The van der Waals surface area contributed by atoms with E-state index in [2.05, 4.69) is 47.9 Å². The number of nitrogens with zero attached hydrogens (tertiary/aromatic N) is 2. The van der Waals surface area contributed by atoms with Crippen LogP contribution in [-0.4, -0.2) is 178 Å². The summed E-state index contributed by atoms with van der Waals surface area (Å²) < 4.78 is 11.1. The third-order valence-corrected chi connectivity index (χ3v) is 12.1. The molecule has 0 saturated heterocycles. The van der Waals surface area contributed by atoms with Crippen LogP contribution in [0.2, 0.25) is 0 Å². The van der Waals surface area contributed by atoms with Crippen LogP contribution >= 0.6 is 0 Å². The Morgan fingerprint density at radius 2 is 1.21 bits per heavy atom. The Morgan fingerprint density at radius 3 is 1.84 bits per heavy atom. The first-order valence-electron chi connectivity index (χ1n) is 26.7. The van der Waals surface area contributed by atoms with Crippen LogP contribution in [0, 0.1) is 5.92 Å². The van der Waals surface area contributed by atoms with E-state index in [9.17, 15) is 57.5 Å². The summed E-state index contributed by atoms with van der Waals surface area (Å²) in [5, 5.41) is 23.0. The zero-order chi connectivity index (χ0) is 58.8. The van der Waals surface area contributed by atoms with Gasteiger partial charge in [-0.3, -0.25) is 57.6 Å². The fraction of sp³-hybridized carbons (Fsp3) is 0.519. The van der Waals surface area contributed by atoms with Gasteiger partial charge in [0, 0.05) is 63.4 Å². The molecule has 0 bridgehead atoms. The number of rotatable bonds is 38. The molecule has 11 N–H and O–H groups in total. The predicted molar refractivity (Wildman–Crippen MR) is 292 cm³/mol. The van der Waals surface area contributed by atoms with Gasteiger partial charge in [0.15, 0.2) is 0 Å². The number of urea groups is 1. The second-order valence-electron chi connectivity index (χ2n) is 18.8. The molecule has 0 aliphatic carbocycles. The van der Waals surface area contributed by atoms with Gasteiger partial charge in [-0.1, -0.05) is 69.7 Å². The van der Waals surface area contributed by atoms with Gasteiger partial charge in [0.25, 0.3) is 11.8 Å². The van der Waals surface area contributed by atoms with Gasteiger partial charge in [-0.25, -0.2) is 4.79 Å². The molecule has 0 saturated carbocycles. The van der Waals surface area contributed by atoms with Crippen LogP contribution in [0.25, 0.3) is 0 Å². The van der Waals surface area contributed by atoms with Gasteiger partial charge in [-0.05, 0) is 68.2 Å². The maximum atomic E-state index is 13.6. The zero-order valence-electron chi connectivity index (χ0n) is 46.0. The van der Waals surface area contributed by atoms with Crippen LogP contribution in [0.3, 0.4) is 0 Å². The van der Waals surface area contributed by atoms with Crippen molar-refractivity contribution in [2.75, 3.05) is 84.1 Å². The molecular formula is C54H78N12O14. The quantitative estimate of drug-likeness (QED) is 0.0280. The first-order valence-corrected chi connectivity index (χ1v) is 26.7. The summed E-state index contributed by atoms with van der Waals surface area (Å²) in [4.78, 5) is 154. The summed E-state index contributed by atoms with van der Waals surface area (Å²) in [6, 6.07) is 12.2. The standard InChI is InChI=1S/C54H78N12O14/c1-5-37-18-20-39(21-19-37)61-52(76)40(16-13-24-57-54(55)78)63-53(77)50(36(3)4)64-46(71)35-80-29-27-65(47(72)17-11-8-12-25-66-48(73)22-23-49(66)74)26-28-79-34-45(70)59-31-43(68)58-33-44(69)62-41(30-38-14-9-7-10-15-38)51(75)60-32-42(67)56-6-2/h7,9-10,14-15,18-23,36,40-41,50H,5-6,8,11-13,16-17,24-35H2,1-4H3,(H,56,67)(H,58,68)(H,59,70)(H,60,75)(H,61,76)(H,62,69)(H,63,77)(H,64,71)(H3,55,57,78)/t40-,41-,50-/m0/s1. The number of hydrogen-bond donors (Lipinski definition) is 10. The van der Waals surface area contributed by atoms with E-state index >= 15 is 0 Å². The van der Waals surface area contributed by atoms with E-state index in [-0.39, 0.29) is 71.1 Å². The highest BCUT2D eigenvalue weighted by Gasteiger charge is 2.30. The molecule has 2 aromatic rings. The normalized spacial score (nSPS) is 12.8. The van der Waals surface area contributed by atoms with Gasteiger partial charge in [-0.15, -0.1) is 0 Å². The van der Waals surface area contributed by atoms with E-state index in [0.717, 1.165) is 22.4 Å². The fourth-order valence-corrected chi connectivity index (χ4v) is 7.75. The number of carbonyl (C=O) groups is 12.